The van der Waals surface area contributed by atoms with E-state index >= 15 is 0 Å². The van der Waals surface area contributed by atoms with Crippen molar-refractivity contribution in [2.75, 3.05) is 6.61 Å². The lowest BCUT2D eigenvalue weighted by atomic mass is 9.91. The monoisotopic (exact) mass is 219 g/mol. The van der Waals surface area contributed by atoms with Gasteiger partial charge >= 0.3 is 0 Å². The first-order valence-corrected chi connectivity index (χ1v) is 6.26. The predicted octanol–water partition coefficient (Wildman–Crippen LogP) is 2.68. The van der Waals surface area contributed by atoms with Crippen LogP contribution in [0, 0.1) is 0 Å². The standard InChI is InChI=1S/C14H21NO/c1-11(15)9-10-16-14-8-4-6-12-5-2-3-7-13(12)14/h4,6,8,11H,2-3,5,7,9-10,15H2,1H3. The highest BCUT2D eigenvalue weighted by atomic mass is 16.5. The first-order chi connectivity index (χ1) is 7.77. The van der Waals surface area contributed by atoms with Crippen LogP contribution in [0.15, 0.2) is 18.2 Å². The zero-order valence-electron chi connectivity index (χ0n) is 10.0. The number of rotatable bonds is 4. The number of hydrogen-bond donors (Lipinski definition) is 1. The molecule has 2 nitrogen and oxygen atoms in total. The zero-order chi connectivity index (χ0) is 11.4. The quantitative estimate of drug-likeness (QED) is 0.845. The second-order valence-electron chi connectivity index (χ2n) is 4.72. The molecule has 0 heterocycles. The molecular formula is C14H21NO. The van der Waals surface area contributed by atoms with Crippen molar-refractivity contribution < 1.29 is 4.74 Å². The molecule has 0 aliphatic heterocycles. The summed E-state index contributed by atoms with van der Waals surface area (Å²) < 4.78 is 5.84. The molecule has 1 aromatic rings. The Morgan fingerprint density at radius 3 is 2.94 bits per heavy atom. The molecule has 1 atom stereocenters. The van der Waals surface area contributed by atoms with Crippen molar-refractivity contribution in [3.05, 3.63) is 29.3 Å². The maximum atomic E-state index is 5.84. The molecule has 2 rings (SSSR count). The summed E-state index contributed by atoms with van der Waals surface area (Å²) in [6, 6.07) is 6.64. The SMILES string of the molecule is CC(N)CCOc1cccc2c1CCCC2. The number of benzene rings is 1. The largest absolute Gasteiger partial charge is 0.493 e. The van der Waals surface area contributed by atoms with Crippen molar-refractivity contribution in [1.29, 1.82) is 0 Å². The van der Waals surface area contributed by atoms with Gasteiger partial charge in [0.2, 0.25) is 0 Å². The topological polar surface area (TPSA) is 35.2 Å². The second-order valence-corrected chi connectivity index (χ2v) is 4.72. The van der Waals surface area contributed by atoms with E-state index in [2.05, 4.69) is 18.2 Å². The molecule has 2 N–H and O–H groups in total. The molecule has 88 valence electrons. The molecule has 0 radical (unpaired) electrons. The molecule has 0 aromatic heterocycles. The fourth-order valence-electron chi connectivity index (χ4n) is 2.24. The normalized spacial score (nSPS) is 16.6. The molecule has 1 aliphatic rings. The van der Waals surface area contributed by atoms with Gasteiger partial charge in [-0.2, -0.15) is 0 Å². The number of hydrogen-bond acceptors (Lipinski definition) is 2. The summed E-state index contributed by atoms with van der Waals surface area (Å²) in [5.74, 6) is 1.08. The molecule has 0 bridgehead atoms. The lowest BCUT2D eigenvalue weighted by Crippen LogP contribution is -2.18. The lowest BCUT2D eigenvalue weighted by Gasteiger charge is -2.19. The zero-order valence-corrected chi connectivity index (χ0v) is 10.0. The van der Waals surface area contributed by atoms with Gasteiger partial charge < -0.3 is 10.5 Å². The fraction of sp³-hybridized carbons (Fsp3) is 0.571. The average Bonchev–Trinajstić information content (AvgIpc) is 2.29. The van der Waals surface area contributed by atoms with Crippen molar-refractivity contribution in [1.82, 2.24) is 0 Å². The molecular weight excluding hydrogens is 198 g/mol. The van der Waals surface area contributed by atoms with Crippen molar-refractivity contribution >= 4 is 0 Å². The van der Waals surface area contributed by atoms with Crippen LogP contribution in [0.2, 0.25) is 0 Å². The van der Waals surface area contributed by atoms with E-state index < -0.39 is 0 Å². The minimum atomic E-state index is 0.222. The van der Waals surface area contributed by atoms with E-state index in [1.165, 1.54) is 36.8 Å². The van der Waals surface area contributed by atoms with Gasteiger partial charge in [0.15, 0.2) is 0 Å². The summed E-state index contributed by atoms with van der Waals surface area (Å²) in [5, 5.41) is 0. The fourth-order valence-corrected chi connectivity index (χ4v) is 2.24. The first-order valence-electron chi connectivity index (χ1n) is 6.26. The number of ether oxygens (including phenoxy) is 1. The molecule has 0 saturated carbocycles. The van der Waals surface area contributed by atoms with E-state index in [-0.39, 0.29) is 6.04 Å². The van der Waals surface area contributed by atoms with Gasteiger partial charge in [-0.1, -0.05) is 12.1 Å². The summed E-state index contributed by atoms with van der Waals surface area (Å²) in [4.78, 5) is 0. The van der Waals surface area contributed by atoms with Gasteiger partial charge in [0.25, 0.3) is 0 Å². The Bertz CT molecular complexity index is 347. The van der Waals surface area contributed by atoms with Gasteiger partial charge in [0, 0.05) is 6.04 Å². The van der Waals surface area contributed by atoms with Crippen LogP contribution >= 0.6 is 0 Å². The smallest absolute Gasteiger partial charge is 0.122 e. The summed E-state index contributed by atoms with van der Waals surface area (Å²) in [6.07, 6.45) is 5.91. The molecule has 1 aliphatic carbocycles. The predicted molar refractivity (Wildman–Crippen MR) is 66.8 cm³/mol. The number of nitrogens with two attached hydrogens (primary N) is 1. The van der Waals surface area contributed by atoms with E-state index in [4.69, 9.17) is 10.5 Å². The summed E-state index contributed by atoms with van der Waals surface area (Å²) >= 11 is 0. The second kappa shape index (κ2) is 5.35. The van der Waals surface area contributed by atoms with Gasteiger partial charge in [0.1, 0.15) is 5.75 Å². The summed E-state index contributed by atoms with van der Waals surface area (Å²) in [6.45, 7) is 2.75. The summed E-state index contributed by atoms with van der Waals surface area (Å²) in [5.41, 5.74) is 8.62. The van der Waals surface area contributed by atoms with Gasteiger partial charge in [0.05, 0.1) is 6.61 Å². The first kappa shape index (κ1) is 11.5. The van der Waals surface area contributed by atoms with Crippen LogP contribution in [0.3, 0.4) is 0 Å². The molecule has 0 fully saturated rings. The highest BCUT2D eigenvalue weighted by molar-refractivity contribution is 5.41. The van der Waals surface area contributed by atoms with Crippen LogP contribution in [-0.4, -0.2) is 12.6 Å². The van der Waals surface area contributed by atoms with Crippen LogP contribution in [0.25, 0.3) is 0 Å². The van der Waals surface area contributed by atoms with Crippen LogP contribution < -0.4 is 10.5 Å². The maximum Gasteiger partial charge on any atom is 0.122 e. The van der Waals surface area contributed by atoms with Crippen LogP contribution in [0.4, 0.5) is 0 Å². The van der Waals surface area contributed by atoms with Crippen LogP contribution in [0.5, 0.6) is 5.75 Å². The third-order valence-corrected chi connectivity index (χ3v) is 3.18. The Kier molecular flexibility index (Phi) is 3.83. The van der Waals surface area contributed by atoms with Crippen LogP contribution in [0.1, 0.15) is 37.3 Å². The molecule has 2 heteroatoms. The number of fused-ring (bicyclic) bond motifs is 1. The Hall–Kier alpha value is -1.02. The summed E-state index contributed by atoms with van der Waals surface area (Å²) in [7, 11) is 0. The third kappa shape index (κ3) is 2.76. The Balaban J connectivity index is 2.03. The molecule has 1 unspecified atom stereocenters. The lowest BCUT2D eigenvalue weighted by molar-refractivity contribution is 0.297. The van der Waals surface area contributed by atoms with Crippen LogP contribution in [-0.2, 0) is 12.8 Å². The number of aryl methyl sites for hydroxylation is 1. The van der Waals surface area contributed by atoms with Gasteiger partial charge in [-0.25, -0.2) is 0 Å². The Morgan fingerprint density at radius 2 is 2.12 bits per heavy atom. The third-order valence-electron chi connectivity index (χ3n) is 3.18. The van der Waals surface area contributed by atoms with Gasteiger partial charge in [-0.15, -0.1) is 0 Å². The van der Waals surface area contributed by atoms with Crippen molar-refractivity contribution in [3.8, 4) is 5.75 Å². The van der Waals surface area contributed by atoms with E-state index in [0.717, 1.165) is 18.8 Å². The minimum absolute atomic E-state index is 0.222. The van der Waals surface area contributed by atoms with E-state index in [1.807, 2.05) is 6.92 Å². The van der Waals surface area contributed by atoms with Crippen molar-refractivity contribution in [2.45, 2.75) is 45.1 Å². The van der Waals surface area contributed by atoms with Crippen molar-refractivity contribution in [3.63, 3.8) is 0 Å². The minimum Gasteiger partial charge on any atom is -0.493 e. The van der Waals surface area contributed by atoms with Crippen molar-refractivity contribution in [2.24, 2.45) is 5.73 Å². The molecule has 1 aromatic carbocycles. The van der Waals surface area contributed by atoms with E-state index in [1.54, 1.807) is 0 Å². The average molecular weight is 219 g/mol. The highest BCUT2D eigenvalue weighted by Crippen LogP contribution is 2.29. The van der Waals surface area contributed by atoms with Gasteiger partial charge in [-0.3, -0.25) is 0 Å². The molecule has 0 saturated heterocycles. The maximum absolute atomic E-state index is 5.84. The highest BCUT2D eigenvalue weighted by Gasteiger charge is 2.13. The van der Waals surface area contributed by atoms with Gasteiger partial charge in [-0.05, 0) is 56.2 Å². The molecule has 0 spiro atoms. The molecule has 0 amide bonds. The van der Waals surface area contributed by atoms with E-state index in [9.17, 15) is 0 Å². The van der Waals surface area contributed by atoms with E-state index in [0.29, 0.717) is 0 Å². The Morgan fingerprint density at radius 1 is 1.31 bits per heavy atom. The molecule has 16 heavy (non-hydrogen) atoms. The Labute approximate surface area is 97.8 Å².